The fourth-order valence-corrected chi connectivity index (χ4v) is 9.48. The quantitative estimate of drug-likeness (QED) is 0.192. The van der Waals surface area contributed by atoms with Crippen LogP contribution in [0.2, 0.25) is 0 Å². The highest BCUT2D eigenvalue weighted by molar-refractivity contribution is 6.03. The molecule has 1 fully saturated rings. The molecule has 6 N–H and O–H groups in total. The first-order valence-electron chi connectivity index (χ1n) is 22.6. The van der Waals surface area contributed by atoms with Crippen molar-refractivity contribution in [2.75, 3.05) is 47.1 Å². The van der Waals surface area contributed by atoms with Crippen molar-refractivity contribution in [3.05, 3.63) is 106 Å². The van der Waals surface area contributed by atoms with Crippen LogP contribution in [-0.2, 0) is 47.6 Å². The van der Waals surface area contributed by atoms with E-state index in [1.54, 1.807) is 49.6 Å². The topological polar surface area (TPSA) is 243 Å². The second-order valence-electron chi connectivity index (χ2n) is 18.3. The van der Waals surface area contributed by atoms with E-state index in [0.717, 1.165) is 5.57 Å². The van der Waals surface area contributed by atoms with Gasteiger partial charge in [-0.25, -0.2) is 4.79 Å². The van der Waals surface area contributed by atoms with Crippen LogP contribution in [0.5, 0.6) is 0 Å². The van der Waals surface area contributed by atoms with Gasteiger partial charge in [-0.3, -0.25) is 14.4 Å². The number of nitrogens with one attached hydrogen (secondary N) is 1. The molecule has 1 saturated heterocycles. The standard InChI is InChI=1S/C49H65N3O15/c1-25-12-10-13-26(2)48(61)50-38-39(52-17-20-63-21-18-52)44(59)35-36(43(38)58)42(57)30(6)46-37(35)47(60)49(7,67-46)65-19-15-32(62-9)27(3)45(29(5)41(56)28(4)40(25)55)66-34(54)24-64-33(53)22-31-14-11-16-51(8)23-31/h10-13,15-16,19,23,25,27-29,32,35-36,40-41,45,55-56,58-60H,14,17-18,20-22,24H2,1-9H3,(H,50,61)/b12-10+,19-15+,26-13-/t25-,27+,28+,29+,32-,35+,36+,40-,41+,45+,49-/m0/s1. The van der Waals surface area contributed by atoms with E-state index in [1.807, 2.05) is 25.5 Å². The number of aliphatic hydroxyl groups excluding tert-OH is 5. The number of nitrogens with zero attached hydrogens (tertiary/aromatic N) is 2. The smallest absolute Gasteiger partial charge is 0.344 e. The average Bonchev–Trinajstić information content (AvgIpc) is 3.56. The van der Waals surface area contributed by atoms with Gasteiger partial charge in [0.1, 0.15) is 34.8 Å². The lowest BCUT2D eigenvalue weighted by atomic mass is 9.69. The number of morpholine rings is 1. The Hall–Kier alpha value is -5.82. The second kappa shape index (κ2) is 21.0. The summed E-state index contributed by atoms with van der Waals surface area (Å²) in [4.78, 5) is 57.8. The Morgan fingerprint density at radius 1 is 0.940 bits per heavy atom. The molecular weight excluding hydrogens is 871 g/mol. The normalized spacial score (nSPS) is 35.0. The minimum Gasteiger partial charge on any atom is -0.509 e. The molecule has 5 heterocycles. The molecule has 0 aromatic heterocycles. The van der Waals surface area contributed by atoms with Gasteiger partial charge in [-0.2, -0.15) is 0 Å². The van der Waals surface area contributed by atoms with Crippen molar-refractivity contribution in [3.63, 3.8) is 0 Å². The number of ketones is 1. The zero-order chi connectivity index (χ0) is 49.1. The number of fused-ring (bicyclic) bond motifs is 13. The second-order valence-corrected chi connectivity index (χ2v) is 18.3. The summed E-state index contributed by atoms with van der Waals surface area (Å²) in [7, 11) is 3.24. The molecule has 2 aliphatic carbocycles. The van der Waals surface area contributed by atoms with Crippen LogP contribution in [0.25, 0.3) is 0 Å². The first kappa shape index (κ1) is 50.6. The van der Waals surface area contributed by atoms with Gasteiger partial charge in [-0.1, -0.05) is 52.0 Å². The summed E-state index contributed by atoms with van der Waals surface area (Å²) in [5.41, 5.74) is 0.869. The van der Waals surface area contributed by atoms with Crippen LogP contribution in [0.3, 0.4) is 0 Å². The van der Waals surface area contributed by atoms with E-state index in [0.29, 0.717) is 6.42 Å². The number of rotatable bonds is 7. The zero-order valence-electron chi connectivity index (χ0n) is 39.6. The number of carbonyl (C=O) groups is 4. The number of hydrogen-bond acceptors (Lipinski definition) is 17. The van der Waals surface area contributed by atoms with Gasteiger partial charge < -0.3 is 69.1 Å². The lowest BCUT2D eigenvalue weighted by Gasteiger charge is -2.41. The van der Waals surface area contributed by atoms with E-state index in [9.17, 15) is 44.7 Å². The molecule has 0 saturated carbocycles. The fourth-order valence-electron chi connectivity index (χ4n) is 9.48. The maximum atomic E-state index is 14.2. The molecule has 7 rings (SSSR count). The Bertz CT molecular complexity index is 2250. The van der Waals surface area contributed by atoms with E-state index in [-0.39, 0.29) is 66.6 Å². The largest absolute Gasteiger partial charge is 0.509 e. The summed E-state index contributed by atoms with van der Waals surface area (Å²) in [5.74, 6) is -12.0. The lowest BCUT2D eigenvalue weighted by molar-refractivity contribution is -0.172. The molecule has 0 spiro atoms. The number of methoxy groups -OCH3 is 1. The summed E-state index contributed by atoms with van der Waals surface area (Å²) in [5, 5.41) is 62.4. The highest BCUT2D eigenvalue weighted by Crippen LogP contribution is 2.54. The lowest BCUT2D eigenvalue weighted by Crippen LogP contribution is -2.47. The van der Waals surface area contributed by atoms with Crippen molar-refractivity contribution in [1.29, 1.82) is 0 Å². The van der Waals surface area contributed by atoms with Gasteiger partial charge in [0, 0.05) is 75.2 Å². The number of ether oxygens (including phenoxy) is 6. The maximum Gasteiger partial charge on any atom is 0.344 e. The van der Waals surface area contributed by atoms with Crippen LogP contribution in [0, 0.1) is 35.5 Å². The van der Waals surface area contributed by atoms with E-state index in [2.05, 4.69) is 5.32 Å². The molecule has 0 radical (unpaired) electrons. The van der Waals surface area contributed by atoms with Crippen molar-refractivity contribution >= 4 is 23.6 Å². The van der Waals surface area contributed by atoms with Gasteiger partial charge >= 0.3 is 17.7 Å². The first-order valence-corrected chi connectivity index (χ1v) is 22.6. The van der Waals surface area contributed by atoms with Gasteiger partial charge in [-0.05, 0) is 38.1 Å². The monoisotopic (exact) mass is 935 g/mol. The Labute approximate surface area is 390 Å². The van der Waals surface area contributed by atoms with Gasteiger partial charge in [-0.15, -0.1) is 0 Å². The average molecular weight is 936 g/mol. The van der Waals surface area contributed by atoms with E-state index < -0.39 is 113 Å². The van der Waals surface area contributed by atoms with Crippen molar-refractivity contribution in [3.8, 4) is 0 Å². The van der Waals surface area contributed by atoms with Crippen LogP contribution < -0.4 is 5.32 Å². The molecule has 366 valence electrons. The minimum absolute atomic E-state index is 0.00562. The molecule has 0 aromatic carbocycles. The van der Waals surface area contributed by atoms with Crippen molar-refractivity contribution in [2.24, 2.45) is 35.5 Å². The molecule has 18 heteroatoms. The number of carbonyl (C=O) groups excluding carboxylic acids is 4. The summed E-state index contributed by atoms with van der Waals surface area (Å²) in [6, 6.07) is 0. The molecule has 1 amide bonds. The number of Topliss-reactive ketones (excluding diaryl/α,β-unsaturated/α-hetero) is 1. The number of aliphatic hydroxyl groups is 5. The SMILES string of the molecule is CO[C@H]1/C=C/O[C@@]2(C)OC3=C(C)C(=O)[C@@H]4C(O)=C(NC(=O)/C(C)=C\C=C\[C@H](C)[C@H](O)[C@@H](C)[C@@H](O)[C@@H](C)[C@H](OC(=O)COC(=O)CC5=CN(C)C=CC5)[C@@H]1C)C(N1CCOCC1)=C(O)[C@H]4C3=C2O. The number of esters is 2. The van der Waals surface area contributed by atoms with Crippen LogP contribution in [-0.4, -0.2) is 136 Å². The predicted molar refractivity (Wildman–Crippen MR) is 241 cm³/mol. The van der Waals surface area contributed by atoms with Crippen LogP contribution in [0.4, 0.5) is 0 Å². The minimum atomic E-state index is -1.98. The Morgan fingerprint density at radius 2 is 1.64 bits per heavy atom. The van der Waals surface area contributed by atoms with Gasteiger partial charge in [0.15, 0.2) is 18.1 Å². The molecule has 5 bridgehead atoms. The number of amides is 1. The van der Waals surface area contributed by atoms with E-state index in [4.69, 9.17) is 28.4 Å². The molecule has 67 heavy (non-hydrogen) atoms. The van der Waals surface area contributed by atoms with Crippen molar-refractivity contribution in [2.45, 2.75) is 91.5 Å². The molecule has 5 aliphatic heterocycles. The Morgan fingerprint density at radius 3 is 2.31 bits per heavy atom. The van der Waals surface area contributed by atoms with Gasteiger partial charge in [0.25, 0.3) is 5.91 Å². The fraction of sp³-hybridized carbons (Fsp3) is 0.551. The molecule has 0 unspecified atom stereocenters. The van der Waals surface area contributed by atoms with E-state index >= 15 is 0 Å². The van der Waals surface area contributed by atoms with Crippen molar-refractivity contribution in [1.82, 2.24) is 15.1 Å². The maximum absolute atomic E-state index is 14.2. The first-order chi connectivity index (χ1) is 31.7. The zero-order valence-corrected chi connectivity index (χ0v) is 39.6. The van der Waals surface area contributed by atoms with Gasteiger partial charge in [0.2, 0.25) is 0 Å². The highest BCUT2D eigenvalue weighted by Gasteiger charge is 2.58. The van der Waals surface area contributed by atoms with Crippen LogP contribution in [0.1, 0.15) is 61.3 Å². The highest BCUT2D eigenvalue weighted by atomic mass is 16.7. The Kier molecular flexibility index (Phi) is 15.9. The summed E-state index contributed by atoms with van der Waals surface area (Å²) >= 11 is 0. The third kappa shape index (κ3) is 10.5. The third-order valence-electron chi connectivity index (χ3n) is 13.5. The summed E-state index contributed by atoms with van der Waals surface area (Å²) < 4.78 is 35.0. The molecule has 7 aliphatic rings. The molecule has 11 atom stereocenters. The molecular formula is C49H65N3O15. The van der Waals surface area contributed by atoms with Crippen LogP contribution in [0.15, 0.2) is 106 Å². The summed E-state index contributed by atoms with van der Waals surface area (Å²) in [6.45, 7) is 11.5. The van der Waals surface area contributed by atoms with E-state index in [1.165, 1.54) is 46.3 Å². The molecule has 0 aromatic rings. The summed E-state index contributed by atoms with van der Waals surface area (Å²) in [6.07, 6.45) is 9.12. The predicted octanol–water partition coefficient (Wildman–Crippen LogP) is 4.54. The van der Waals surface area contributed by atoms with Crippen molar-refractivity contribution < 1.29 is 73.1 Å². The third-order valence-corrected chi connectivity index (χ3v) is 13.5. The Balaban J connectivity index is 1.38. The number of allylic oxidation sites excluding steroid dienone is 7. The van der Waals surface area contributed by atoms with Gasteiger partial charge in [0.05, 0.1) is 61.6 Å². The molecule has 18 nitrogen and oxygen atoms in total. The van der Waals surface area contributed by atoms with Crippen LogP contribution >= 0.6 is 0 Å². The number of hydrogen-bond donors (Lipinski definition) is 6.